The first-order chi connectivity index (χ1) is 5.36. The number of rotatable bonds is 1. The summed E-state index contributed by atoms with van der Waals surface area (Å²) < 4.78 is 1.05. The molecule has 6 heteroatoms. The fourth-order valence-electron chi connectivity index (χ4n) is 0.678. The van der Waals surface area contributed by atoms with Gasteiger partial charge >= 0.3 is 0 Å². The van der Waals surface area contributed by atoms with Crippen molar-refractivity contribution in [1.82, 2.24) is 5.53 Å². The van der Waals surface area contributed by atoms with Crippen molar-refractivity contribution >= 4 is 33.1 Å². The monoisotopic (exact) mass is 229 g/mol. The van der Waals surface area contributed by atoms with E-state index in [2.05, 4.69) is 36.9 Å². The van der Waals surface area contributed by atoms with E-state index in [1.165, 1.54) is 0 Å². The van der Waals surface area contributed by atoms with Crippen LogP contribution in [0.5, 0.6) is 0 Å². The van der Waals surface area contributed by atoms with Crippen molar-refractivity contribution in [3.8, 4) is 0 Å². The largest absolute Gasteiger partial charge is 0.217 e. The molecule has 0 aliphatic carbocycles. The van der Waals surface area contributed by atoms with Crippen molar-refractivity contribution in [3.63, 3.8) is 0 Å². The third-order valence-electron chi connectivity index (χ3n) is 1.11. The molecule has 0 amide bonds. The van der Waals surface area contributed by atoms with E-state index in [9.17, 15) is 0 Å². The van der Waals surface area contributed by atoms with E-state index in [0.29, 0.717) is 5.84 Å². The summed E-state index contributed by atoms with van der Waals surface area (Å²) in [4.78, 5) is 0.974. The summed E-state index contributed by atoms with van der Waals surface area (Å²) in [6.07, 6.45) is 0. The van der Waals surface area contributed by atoms with Gasteiger partial charge in [-0.25, -0.2) is 0 Å². The van der Waals surface area contributed by atoms with Crippen LogP contribution in [0, 0.1) is 0 Å². The van der Waals surface area contributed by atoms with E-state index in [-0.39, 0.29) is 0 Å². The van der Waals surface area contributed by atoms with Crippen LogP contribution in [0.2, 0.25) is 0 Å². The summed E-state index contributed by atoms with van der Waals surface area (Å²) in [5.41, 5.74) is 3.39. The van der Waals surface area contributed by atoms with Gasteiger partial charge in [0.2, 0.25) is 5.84 Å². The molecule has 0 aromatic carbocycles. The summed E-state index contributed by atoms with van der Waals surface area (Å²) in [6, 6.07) is 3.86. The minimum atomic E-state index is 0.584. The molecule has 1 aliphatic heterocycles. The second-order valence-electron chi connectivity index (χ2n) is 1.81. The van der Waals surface area contributed by atoms with Gasteiger partial charge in [-0.2, -0.15) is 0 Å². The van der Waals surface area contributed by atoms with E-state index >= 15 is 0 Å². The Morgan fingerprint density at radius 1 is 1.36 bits per heavy atom. The minimum Gasteiger partial charge on any atom is -0.125 e. The van der Waals surface area contributed by atoms with E-state index < -0.39 is 0 Å². The summed E-state index contributed by atoms with van der Waals surface area (Å²) in [5, 5.41) is 10.8. The first-order valence-electron chi connectivity index (χ1n) is 2.81. The fourth-order valence-corrected chi connectivity index (χ4v) is 1.99. The predicted octanol–water partition coefficient (Wildman–Crippen LogP) is 2.16. The molecule has 0 saturated heterocycles. The van der Waals surface area contributed by atoms with Crippen molar-refractivity contribution < 1.29 is 0 Å². The molecule has 0 atom stereocenters. The molecule has 2 rings (SSSR count). The normalized spacial score (nSPS) is 14.8. The molecule has 0 spiro atoms. The van der Waals surface area contributed by atoms with Gasteiger partial charge in [0.05, 0.1) is 8.66 Å². The molecular formula is C5H2BrN4S. The zero-order chi connectivity index (χ0) is 7.68. The van der Waals surface area contributed by atoms with Gasteiger partial charge in [0, 0.05) is 0 Å². The number of hydrogen-bond acceptors (Lipinski definition) is 4. The number of thiophene rings is 1. The lowest BCUT2D eigenvalue weighted by atomic mass is 10.4. The van der Waals surface area contributed by atoms with Gasteiger partial charge in [-0.3, -0.25) is 0 Å². The van der Waals surface area contributed by atoms with Gasteiger partial charge < -0.3 is 0 Å². The lowest BCUT2D eigenvalue weighted by Crippen LogP contribution is -1.88. The van der Waals surface area contributed by atoms with E-state index in [1.807, 2.05) is 12.1 Å². The maximum absolute atomic E-state index is 3.72. The Balaban J connectivity index is 2.36. The number of hydrogen-bond donors (Lipinski definition) is 0. The maximum atomic E-state index is 3.72. The van der Waals surface area contributed by atoms with Crippen LogP contribution in [0.3, 0.4) is 0 Å². The topological polar surface area (TPSA) is 51.2 Å². The molecule has 0 saturated carbocycles. The van der Waals surface area contributed by atoms with E-state index in [1.54, 1.807) is 11.3 Å². The highest BCUT2D eigenvalue weighted by atomic mass is 79.9. The highest BCUT2D eigenvalue weighted by Crippen LogP contribution is 2.23. The molecule has 0 fully saturated rings. The van der Waals surface area contributed by atoms with Crippen LogP contribution >= 0.6 is 27.3 Å². The Hall–Kier alpha value is -0.750. The SMILES string of the molecule is Brc1ccc(C2=N[N]N=N2)s1. The van der Waals surface area contributed by atoms with Crippen LogP contribution in [0.15, 0.2) is 31.4 Å². The molecule has 0 bridgehead atoms. The van der Waals surface area contributed by atoms with Crippen LogP contribution < -0.4 is 5.53 Å². The zero-order valence-electron chi connectivity index (χ0n) is 5.23. The maximum Gasteiger partial charge on any atom is 0.217 e. The average Bonchev–Trinajstić information content (AvgIpc) is 2.55. The summed E-state index contributed by atoms with van der Waals surface area (Å²) >= 11 is 4.90. The Morgan fingerprint density at radius 3 is 2.82 bits per heavy atom. The minimum absolute atomic E-state index is 0.584. The molecule has 4 nitrogen and oxygen atoms in total. The van der Waals surface area contributed by atoms with Gasteiger partial charge in [0.15, 0.2) is 0 Å². The van der Waals surface area contributed by atoms with Crippen LogP contribution in [0.4, 0.5) is 0 Å². The molecule has 55 valence electrons. The quantitative estimate of drug-likeness (QED) is 0.709. The second kappa shape index (κ2) is 2.71. The molecule has 1 radical (unpaired) electrons. The third kappa shape index (κ3) is 1.31. The molecule has 1 aromatic rings. The standard InChI is InChI=1S/C5H2BrN4S/c6-4-2-1-3(11-4)5-7-9-10-8-5/h1-2H. The number of amidine groups is 1. The van der Waals surface area contributed by atoms with Crippen molar-refractivity contribution in [3.05, 3.63) is 20.8 Å². The smallest absolute Gasteiger partial charge is 0.125 e. The molecule has 2 heterocycles. The van der Waals surface area contributed by atoms with Crippen molar-refractivity contribution in [1.29, 1.82) is 0 Å². The molecule has 11 heavy (non-hydrogen) atoms. The Labute approximate surface area is 75.1 Å². The van der Waals surface area contributed by atoms with Crippen LogP contribution in [-0.4, -0.2) is 5.84 Å². The molecule has 0 N–H and O–H groups in total. The lowest BCUT2D eigenvalue weighted by molar-refractivity contribution is 0.780. The number of halogens is 1. The highest BCUT2D eigenvalue weighted by molar-refractivity contribution is 9.11. The summed E-state index contributed by atoms with van der Waals surface area (Å²) in [6.45, 7) is 0. The van der Waals surface area contributed by atoms with Gasteiger partial charge in [-0.05, 0) is 38.8 Å². The predicted molar refractivity (Wildman–Crippen MR) is 45.5 cm³/mol. The van der Waals surface area contributed by atoms with Gasteiger partial charge in [0.25, 0.3) is 0 Å². The van der Waals surface area contributed by atoms with Gasteiger partial charge in [0.1, 0.15) is 0 Å². The highest BCUT2D eigenvalue weighted by Gasteiger charge is 2.09. The van der Waals surface area contributed by atoms with E-state index in [0.717, 1.165) is 8.66 Å². The van der Waals surface area contributed by atoms with Crippen LogP contribution in [0.1, 0.15) is 4.88 Å². The molecule has 1 aliphatic rings. The first kappa shape index (κ1) is 6.93. The Morgan fingerprint density at radius 2 is 2.27 bits per heavy atom. The Kier molecular flexibility index (Phi) is 1.71. The molecular weight excluding hydrogens is 228 g/mol. The van der Waals surface area contributed by atoms with Crippen LogP contribution in [0.25, 0.3) is 0 Å². The fraction of sp³-hybridized carbons (Fsp3) is 0. The zero-order valence-corrected chi connectivity index (χ0v) is 7.63. The van der Waals surface area contributed by atoms with Crippen molar-refractivity contribution in [2.75, 3.05) is 0 Å². The second-order valence-corrected chi connectivity index (χ2v) is 4.27. The summed E-state index contributed by atoms with van der Waals surface area (Å²) in [5.74, 6) is 0.584. The Bertz CT molecular complexity index is 329. The van der Waals surface area contributed by atoms with E-state index in [4.69, 9.17) is 0 Å². The van der Waals surface area contributed by atoms with Gasteiger partial charge in [-0.15, -0.1) is 21.6 Å². The number of nitrogens with zero attached hydrogens (tertiary/aromatic N) is 4. The third-order valence-corrected chi connectivity index (χ3v) is 2.73. The van der Waals surface area contributed by atoms with Crippen LogP contribution in [-0.2, 0) is 0 Å². The van der Waals surface area contributed by atoms with Crippen molar-refractivity contribution in [2.24, 2.45) is 15.4 Å². The van der Waals surface area contributed by atoms with Gasteiger partial charge in [-0.1, -0.05) is 0 Å². The molecule has 0 unspecified atom stereocenters. The van der Waals surface area contributed by atoms with Crippen molar-refractivity contribution in [2.45, 2.75) is 0 Å². The molecule has 1 aromatic heterocycles. The summed E-state index contributed by atoms with van der Waals surface area (Å²) in [7, 11) is 0. The lowest BCUT2D eigenvalue weighted by Gasteiger charge is -1.83. The average molecular weight is 230 g/mol. The first-order valence-corrected chi connectivity index (χ1v) is 4.41.